The van der Waals surface area contributed by atoms with Crippen molar-refractivity contribution in [3.63, 3.8) is 0 Å². The summed E-state index contributed by atoms with van der Waals surface area (Å²) in [4.78, 5) is 0.0314. The molecule has 0 aromatic rings. The predicted molar refractivity (Wildman–Crippen MR) is 61.3 cm³/mol. The molecular weight excluding hydrogens is 270 g/mol. The van der Waals surface area contributed by atoms with Gasteiger partial charge in [0.25, 0.3) is 0 Å². The summed E-state index contributed by atoms with van der Waals surface area (Å²) in [5.74, 6) is 0.205. The number of ether oxygens (including phenoxy) is 1. The highest BCUT2D eigenvalue weighted by Gasteiger charge is 2.11. The van der Waals surface area contributed by atoms with Crippen molar-refractivity contribution in [2.24, 2.45) is 0 Å². The van der Waals surface area contributed by atoms with Gasteiger partial charge >= 0.3 is 0 Å². The molecule has 0 aliphatic rings. The van der Waals surface area contributed by atoms with Gasteiger partial charge in [-0.1, -0.05) is 29.3 Å². The van der Waals surface area contributed by atoms with E-state index in [9.17, 15) is 8.42 Å². The van der Waals surface area contributed by atoms with E-state index in [1.165, 1.54) is 0 Å². The van der Waals surface area contributed by atoms with E-state index < -0.39 is 10.0 Å². The van der Waals surface area contributed by atoms with Gasteiger partial charge in [-0.3, -0.25) is 0 Å². The Kier molecular flexibility index (Phi) is 7.81. The van der Waals surface area contributed by atoms with Gasteiger partial charge in [0.1, 0.15) is 0 Å². The first-order valence-corrected chi connectivity index (χ1v) is 7.19. The predicted octanol–water partition coefficient (Wildman–Crippen LogP) is 1.12. The Morgan fingerprint density at radius 3 is 2.64 bits per heavy atom. The van der Waals surface area contributed by atoms with Gasteiger partial charge in [0.15, 0.2) is 0 Å². The lowest BCUT2D eigenvalue weighted by Gasteiger charge is -2.10. The number of nitrogens with one attached hydrogen (secondary N) is 1. The Labute approximate surface area is 94.6 Å². The molecule has 0 radical (unpaired) electrons. The van der Waals surface area contributed by atoms with Crippen LogP contribution >= 0.6 is 15.9 Å². The van der Waals surface area contributed by atoms with Crippen LogP contribution in [0.5, 0.6) is 0 Å². The third kappa shape index (κ3) is 7.73. The maximum atomic E-state index is 11.3. The molecule has 0 bridgehead atoms. The van der Waals surface area contributed by atoms with E-state index in [1.807, 2.05) is 6.92 Å². The molecular formula is C8H18BrNO3S. The average molecular weight is 288 g/mol. The average Bonchev–Trinajstić information content (AvgIpc) is 2.13. The van der Waals surface area contributed by atoms with Crippen molar-refractivity contribution in [1.29, 1.82) is 0 Å². The van der Waals surface area contributed by atoms with Crippen molar-refractivity contribution in [2.45, 2.75) is 24.6 Å². The summed E-state index contributed by atoms with van der Waals surface area (Å²) in [6.45, 7) is 2.84. The first-order valence-electron chi connectivity index (χ1n) is 4.62. The van der Waals surface area contributed by atoms with Crippen molar-refractivity contribution in [1.82, 2.24) is 4.72 Å². The van der Waals surface area contributed by atoms with Crippen LogP contribution in [-0.2, 0) is 14.8 Å². The molecule has 0 aliphatic carbocycles. The van der Waals surface area contributed by atoms with E-state index >= 15 is 0 Å². The molecule has 0 rings (SSSR count). The second kappa shape index (κ2) is 7.62. The molecule has 0 saturated heterocycles. The standard InChI is InChI=1S/C8H18BrNO3S/c1-3-4-5-14(11,12)10-6-8(9)7-13-2/h8,10H,3-7H2,1-2H3. The number of hydrogen-bond donors (Lipinski definition) is 1. The second-order valence-corrected chi connectivity index (χ2v) is 6.29. The monoisotopic (exact) mass is 287 g/mol. The third-order valence-electron chi connectivity index (χ3n) is 1.64. The zero-order valence-corrected chi connectivity index (χ0v) is 11.0. The lowest BCUT2D eigenvalue weighted by atomic mass is 10.4. The van der Waals surface area contributed by atoms with E-state index in [2.05, 4.69) is 20.7 Å². The molecule has 0 aromatic carbocycles. The van der Waals surface area contributed by atoms with Crippen LogP contribution in [0.25, 0.3) is 0 Å². The van der Waals surface area contributed by atoms with Crippen LogP contribution in [0, 0.1) is 0 Å². The topological polar surface area (TPSA) is 55.4 Å². The van der Waals surface area contributed by atoms with Gasteiger partial charge in [0.05, 0.1) is 17.2 Å². The maximum absolute atomic E-state index is 11.3. The number of rotatable bonds is 8. The second-order valence-electron chi connectivity index (χ2n) is 3.07. The van der Waals surface area contributed by atoms with Crippen LogP contribution in [0.15, 0.2) is 0 Å². The van der Waals surface area contributed by atoms with Gasteiger partial charge < -0.3 is 4.74 Å². The summed E-state index contributed by atoms with van der Waals surface area (Å²) >= 11 is 3.31. The molecule has 14 heavy (non-hydrogen) atoms. The number of unbranched alkanes of at least 4 members (excludes halogenated alkanes) is 1. The van der Waals surface area contributed by atoms with Crippen LogP contribution < -0.4 is 4.72 Å². The minimum Gasteiger partial charge on any atom is -0.383 e. The molecule has 1 atom stereocenters. The highest BCUT2D eigenvalue weighted by atomic mass is 79.9. The summed E-state index contributed by atoms with van der Waals surface area (Å²) in [6.07, 6.45) is 1.59. The van der Waals surface area contributed by atoms with E-state index in [0.29, 0.717) is 19.6 Å². The van der Waals surface area contributed by atoms with Crippen LogP contribution in [-0.4, -0.2) is 39.3 Å². The zero-order chi connectivity index (χ0) is 11.0. The van der Waals surface area contributed by atoms with E-state index in [0.717, 1.165) is 6.42 Å². The van der Waals surface area contributed by atoms with Gasteiger partial charge in [0, 0.05) is 13.7 Å². The molecule has 0 fully saturated rings. The molecule has 0 saturated carbocycles. The molecule has 0 spiro atoms. The summed E-state index contributed by atoms with van der Waals surface area (Å²) < 4.78 is 30.0. The molecule has 86 valence electrons. The Morgan fingerprint density at radius 1 is 1.50 bits per heavy atom. The van der Waals surface area contributed by atoms with E-state index in [4.69, 9.17) is 4.74 Å². The summed E-state index contributed by atoms with van der Waals surface area (Å²) in [5.41, 5.74) is 0. The molecule has 1 N–H and O–H groups in total. The number of sulfonamides is 1. The van der Waals surface area contributed by atoms with Crippen molar-refractivity contribution >= 4 is 26.0 Å². The molecule has 4 nitrogen and oxygen atoms in total. The first-order chi connectivity index (χ1) is 6.52. The Balaban J connectivity index is 3.75. The molecule has 0 aliphatic heterocycles. The summed E-state index contributed by atoms with van der Waals surface area (Å²) in [7, 11) is -1.51. The quantitative estimate of drug-likeness (QED) is 0.681. The van der Waals surface area contributed by atoms with Gasteiger partial charge in [-0.05, 0) is 6.42 Å². The Morgan fingerprint density at radius 2 is 2.14 bits per heavy atom. The van der Waals surface area contributed by atoms with Gasteiger partial charge in [0.2, 0.25) is 10.0 Å². The highest BCUT2D eigenvalue weighted by Crippen LogP contribution is 2.00. The lowest BCUT2D eigenvalue weighted by molar-refractivity contribution is 0.201. The fourth-order valence-corrected chi connectivity index (χ4v) is 2.77. The normalized spacial score (nSPS) is 14.2. The molecule has 0 heterocycles. The van der Waals surface area contributed by atoms with E-state index in [-0.39, 0.29) is 10.6 Å². The number of hydrogen-bond acceptors (Lipinski definition) is 3. The minimum atomic E-state index is -3.09. The summed E-state index contributed by atoms with van der Waals surface area (Å²) in [6, 6.07) is 0. The lowest BCUT2D eigenvalue weighted by Crippen LogP contribution is -2.33. The fourth-order valence-electron chi connectivity index (χ4n) is 0.864. The molecule has 0 amide bonds. The zero-order valence-electron chi connectivity index (χ0n) is 8.62. The van der Waals surface area contributed by atoms with Crippen molar-refractivity contribution in [2.75, 3.05) is 26.0 Å². The van der Waals surface area contributed by atoms with Gasteiger partial charge in [-0.2, -0.15) is 0 Å². The van der Waals surface area contributed by atoms with Crippen LogP contribution in [0.2, 0.25) is 0 Å². The molecule has 1 unspecified atom stereocenters. The molecule has 6 heteroatoms. The first kappa shape index (κ1) is 14.3. The Hall–Kier alpha value is 0.350. The number of methoxy groups -OCH3 is 1. The van der Waals surface area contributed by atoms with Crippen molar-refractivity contribution < 1.29 is 13.2 Å². The maximum Gasteiger partial charge on any atom is 0.211 e. The van der Waals surface area contributed by atoms with Crippen LogP contribution in [0.4, 0.5) is 0 Å². The third-order valence-corrected chi connectivity index (χ3v) is 3.66. The highest BCUT2D eigenvalue weighted by molar-refractivity contribution is 9.09. The van der Waals surface area contributed by atoms with Crippen molar-refractivity contribution in [3.8, 4) is 0 Å². The van der Waals surface area contributed by atoms with Gasteiger partial charge in [-0.25, -0.2) is 13.1 Å². The number of alkyl halides is 1. The number of halogens is 1. The van der Waals surface area contributed by atoms with Gasteiger partial charge in [-0.15, -0.1) is 0 Å². The smallest absolute Gasteiger partial charge is 0.211 e. The fraction of sp³-hybridized carbons (Fsp3) is 1.00. The van der Waals surface area contributed by atoms with Crippen molar-refractivity contribution in [3.05, 3.63) is 0 Å². The van der Waals surface area contributed by atoms with Crippen LogP contribution in [0.1, 0.15) is 19.8 Å². The molecule has 0 aromatic heterocycles. The van der Waals surface area contributed by atoms with E-state index in [1.54, 1.807) is 7.11 Å². The SMILES string of the molecule is CCCCS(=O)(=O)NCC(Br)COC. The van der Waals surface area contributed by atoms with Crippen LogP contribution in [0.3, 0.4) is 0 Å². The minimum absolute atomic E-state index is 0.0314. The summed E-state index contributed by atoms with van der Waals surface area (Å²) in [5, 5.41) is 0. The largest absolute Gasteiger partial charge is 0.383 e. The Bertz CT molecular complexity index is 231.